The van der Waals surface area contributed by atoms with Gasteiger partial charge in [-0.15, -0.1) is 10.2 Å². The Hall–Kier alpha value is -3.39. The Morgan fingerprint density at radius 2 is 1.69 bits per heavy atom. The molecule has 2 N–H and O–H groups in total. The van der Waals surface area contributed by atoms with Gasteiger partial charge in [0.15, 0.2) is 5.82 Å². The maximum atomic E-state index is 12.0. The number of anilines is 2. The first-order valence-electron chi connectivity index (χ1n) is 12.8. The second-order valence-electron chi connectivity index (χ2n) is 11.5. The van der Waals surface area contributed by atoms with Crippen molar-refractivity contribution < 1.29 is 5.11 Å². The molecule has 0 amide bonds. The predicted octanol–water partition coefficient (Wildman–Crippen LogP) is 3.53. The van der Waals surface area contributed by atoms with Crippen LogP contribution in [0, 0.1) is 0 Å². The average molecular weight is 487 g/mol. The third-order valence-electron chi connectivity index (χ3n) is 8.47. The number of phenolic OH excluding ortho intramolecular Hbond substituents is 1. The van der Waals surface area contributed by atoms with Gasteiger partial charge >= 0.3 is 0 Å². The summed E-state index contributed by atoms with van der Waals surface area (Å²) >= 11 is 0. The highest BCUT2D eigenvalue weighted by molar-refractivity contribution is 5.79. The summed E-state index contributed by atoms with van der Waals surface area (Å²) in [6.45, 7) is 6.57. The van der Waals surface area contributed by atoms with E-state index in [1.807, 2.05) is 24.3 Å². The Morgan fingerprint density at radius 1 is 0.972 bits per heavy atom. The van der Waals surface area contributed by atoms with Crippen LogP contribution in [-0.4, -0.2) is 57.1 Å². The number of hydrogen-bond acceptors (Lipinski definition) is 7. The molecule has 3 aromatic rings. The smallest absolute Gasteiger partial charge is 0.250 e. The third kappa shape index (κ3) is 3.84. The van der Waals surface area contributed by atoms with Crippen molar-refractivity contribution in [2.75, 3.05) is 29.9 Å². The van der Waals surface area contributed by atoms with Crippen molar-refractivity contribution in [2.45, 2.75) is 56.7 Å². The lowest BCUT2D eigenvalue weighted by Gasteiger charge is -2.48. The standard InChI is InChI=1S/C28H34N6O2/c1-27-8-9-28(2,31-27)17-20(16-27)34-12-11-32(3)23-15-22(29-30-26(23)34)21-6-5-18(13-24(21)35)19-7-10-33(4)25(36)14-19/h5-7,10,13-15,20,31,35H,8-9,11-12,16-17H2,1-4H3/t20?,27-,28+. The average Bonchev–Trinajstić information content (AvgIpc) is 3.07. The van der Waals surface area contributed by atoms with Crippen LogP contribution >= 0.6 is 0 Å². The zero-order valence-corrected chi connectivity index (χ0v) is 21.5. The largest absolute Gasteiger partial charge is 0.507 e. The van der Waals surface area contributed by atoms with Gasteiger partial charge in [-0.25, -0.2) is 0 Å². The lowest BCUT2D eigenvalue weighted by molar-refractivity contribution is 0.204. The highest BCUT2D eigenvalue weighted by atomic mass is 16.3. The number of nitrogens with one attached hydrogen (secondary N) is 1. The summed E-state index contributed by atoms with van der Waals surface area (Å²) in [5.74, 6) is 1.05. The van der Waals surface area contributed by atoms with E-state index in [-0.39, 0.29) is 22.4 Å². The molecule has 5 heterocycles. The molecule has 6 rings (SSSR count). The zero-order valence-electron chi connectivity index (χ0n) is 21.5. The molecule has 2 bridgehead atoms. The normalized spacial score (nSPS) is 27.3. The highest BCUT2D eigenvalue weighted by Gasteiger charge is 2.50. The number of phenols is 1. The van der Waals surface area contributed by atoms with Gasteiger partial charge in [0, 0.05) is 62.1 Å². The number of benzene rings is 1. The van der Waals surface area contributed by atoms with Crippen LogP contribution < -0.4 is 20.7 Å². The van der Waals surface area contributed by atoms with Gasteiger partial charge in [0.05, 0.1) is 11.4 Å². The number of piperidine rings is 1. The maximum Gasteiger partial charge on any atom is 0.250 e. The molecule has 2 fully saturated rings. The minimum atomic E-state index is -0.0889. The van der Waals surface area contributed by atoms with Crippen molar-refractivity contribution >= 4 is 11.5 Å². The summed E-state index contributed by atoms with van der Waals surface area (Å²) < 4.78 is 1.52. The number of pyridine rings is 1. The first kappa shape index (κ1) is 23.0. The number of hydrogen-bond donors (Lipinski definition) is 2. The van der Waals surface area contributed by atoms with E-state index >= 15 is 0 Å². The number of rotatable bonds is 3. The van der Waals surface area contributed by atoms with Crippen LogP contribution in [0.15, 0.2) is 47.4 Å². The summed E-state index contributed by atoms with van der Waals surface area (Å²) in [6.07, 6.45) is 6.39. The first-order valence-corrected chi connectivity index (χ1v) is 12.8. The van der Waals surface area contributed by atoms with Gasteiger partial charge in [0.25, 0.3) is 5.56 Å². The van der Waals surface area contributed by atoms with Gasteiger partial charge < -0.3 is 24.8 Å². The topological polar surface area (TPSA) is 86.5 Å². The SMILES string of the molecule is CN1CCN(C2C[C@]3(C)CC[C@](C)(C2)N3)c2nnc(-c3ccc(-c4ccn(C)c(=O)c4)cc3O)cc21. The summed E-state index contributed by atoms with van der Waals surface area (Å²) in [5.41, 5.74) is 4.14. The molecule has 8 nitrogen and oxygen atoms in total. The number of aromatic nitrogens is 3. The molecular formula is C28H34N6O2. The van der Waals surface area contributed by atoms with E-state index in [9.17, 15) is 9.90 Å². The molecule has 3 atom stereocenters. The molecule has 0 radical (unpaired) electrons. The van der Waals surface area contributed by atoms with Gasteiger partial charge in [-0.3, -0.25) is 4.79 Å². The van der Waals surface area contributed by atoms with Crippen molar-refractivity contribution in [2.24, 2.45) is 7.05 Å². The monoisotopic (exact) mass is 486 g/mol. The molecule has 3 aliphatic rings. The van der Waals surface area contributed by atoms with Crippen LogP contribution in [0.25, 0.3) is 22.4 Å². The van der Waals surface area contributed by atoms with Crippen LogP contribution in [0.2, 0.25) is 0 Å². The van der Waals surface area contributed by atoms with E-state index in [4.69, 9.17) is 5.10 Å². The Labute approximate surface area is 211 Å². The third-order valence-corrected chi connectivity index (χ3v) is 8.47. The van der Waals surface area contributed by atoms with Crippen molar-refractivity contribution in [3.8, 4) is 28.1 Å². The van der Waals surface area contributed by atoms with Gasteiger partial charge in [-0.2, -0.15) is 0 Å². The highest BCUT2D eigenvalue weighted by Crippen LogP contribution is 2.46. The number of fused-ring (bicyclic) bond motifs is 3. The second-order valence-corrected chi connectivity index (χ2v) is 11.5. The summed E-state index contributed by atoms with van der Waals surface area (Å²) in [7, 11) is 3.81. The summed E-state index contributed by atoms with van der Waals surface area (Å²) in [5, 5.41) is 24.1. The van der Waals surface area contributed by atoms with Crippen molar-refractivity contribution in [3.05, 3.63) is 52.9 Å². The molecule has 2 saturated heterocycles. The van der Waals surface area contributed by atoms with E-state index in [0.717, 1.165) is 48.6 Å². The Kier molecular flexibility index (Phi) is 5.16. The van der Waals surface area contributed by atoms with Crippen LogP contribution in [0.5, 0.6) is 5.75 Å². The number of likely N-dealkylation sites (N-methyl/N-ethyl adjacent to an activating group) is 1. The van der Waals surface area contributed by atoms with Crippen LogP contribution in [0.3, 0.4) is 0 Å². The summed E-state index contributed by atoms with van der Waals surface area (Å²) in [4.78, 5) is 16.7. The number of nitrogens with zero attached hydrogens (tertiary/aromatic N) is 5. The molecule has 3 aliphatic heterocycles. The van der Waals surface area contributed by atoms with Crippen LogP contribution in [0.1, 0.15) is 39.5 Å². The molecule has 36 heavy (non-hydrogen) atoms. The molecule has 1 unspecified atom stereocenters. The Balaban J connectivity index is 1.32. The molecule has 0 spiro atoms. The minimum absolute atomic E-state index is 0.0889. The fraction of sp³-hybridized carbons (Fsp3) is 0.464. The lowest BCUT2D eigenvalue weighted by Crippen LogP contribution is -2.60. The maximum absolute atomic E-state index is 12.0. The fourth-order valence-corrected chi connectivity index (χ4v) is 6.53. The molecule has 1 aromatic carbocycles. The van der Waals surface area contributed by atoms with Gasteiger partial charge in [-0.05, 0) is 74.9 Å². The molecule has 188 valence electrons. The quantitative estimate of drug-likeness (QED) is 0.586. The molecule has 0 saturated carbocycles. The fourth-order valence-electron chi connectivity index (χ4n) is 6.53. The Bertz CT molecular complexity index is 1390. The van der Waals surface area contributed by atoms with Gasteiger partial charge in [-0.1, -0.05) is 6.07 Å². The van der Waals surface area contributed by atoms with Gasteiger partial charge in [0.1, 0.15) is 5.75 Å². The van der Waals surface area contributed by atoms with E-state index in [0.29, 0.717) is 17.3 Å². The predicted molar refractivity (Wildman–Crippen MR) is 143 cm³/mol. The molecule has 2 aromatic heterocycles. The first-order chi connectivity index (χ1) is 17.1. The van der Waals surface area contributed by atoms with Crippen molar-refractivity contribution in [1.82, 2.24) is 20.1 Å². The molecule has 0 aliphatic carbocycles. The van der Waals surface area contributed by atoms with E-state index in [1.54, 1.807) is 25.4 Å². The van der Waals surface area contributed by atoms with Gasteiger partial charge in [0.2, 0.25) is 0 Å². The van der Waals surface area contributed by atoms with Crippen LogP contribution in [0.4, 0.5) is 11.5 Å². The van der Waals surface area contributed by atoms with E-state index in [1.165, 1.54) is 17.4 Å². The van der Waals surface area contributed by atoms with Crippen molar-refractivity contribution in [3.63, 3.8) is 0 Å². The van der Waals surface area contributed by atoms with Crippen LogP contribution in [-0.2, 0) is 7.05 Å². The molecular weight excluding hydrogens is 452 g/mol. The Morgan fingerprint density at radius 3 is 2.39 bits per heavy atom. The minimum Gasteiger partial charge on any atom is -0.507 e. The number of aryl methyl sites for hydroxylation is 1. The van der Waals surface area contributed by atoms with E-state index < -0.39 is 0 Å². The lowest BCUT2D eigenvalue weighted by atomic mass is 9.84. The van der Waals surface area contributed by atoms with E-state index in [2.05, 4.69) is 41.1 Å². The van der Waals surface area contributed by atoms with Crippen molar-refractivity contribution in [1.29, 1.82) is 0 Å². The second kappa shape index (κ2) is 8.06. The summed E-state index contributed by atoms with van der Waals surface area (Å²) in [6, 6.07) is 11.4. The zero-order chi connectivity index (χ0) is 25.2. The molecule has 8 heteroatoms. The number of aromatic hydroxyl groups is 1.